The molecule has 4 rings (SSSR count). The molecule has 0 aromatic heterocycles. The monoisotopic (exact) mass is 491 g/mol. The van der Waals surface area contributed by atoms with Crippen molar-refractivity contribution < 1.29 is 24.2 Å². The second-order valence-corrected chi connectivity index (χ2v) is 8.81. The molecule has 2 aliphatic heterocycles. The minimum atomic E-state index is -1.12. The van der Waals surface area contributed by atoms with Crippen LogP contribution >= 0.6 is 23.2 Å². The molecule has 2 aromatic rings. The summed E-state index contributed by atoms with van der Waals surface area (Å²) in [6.07, 6.45) is 2.02. The van der Waals surface area contributed by atoms with Crippen LogP contribution in [-0.4, -0.2) is 55.2 Å². The summed E-state index contributed by atoms with van der Waals surface area (Å²) in [5.41, 5.74) is 1.51. The van der Waals surface area contributed by atoms with Crippen LogP contribution in [0.25, 0.3) is 0 Å². The van der Waals surface area contributed by atoms with Gasteiger partial charge in [0.05, 0.1) is 36.1 Å². The minimum absolute atomic E-state index is 0.00684. The van der Waals surface area contributed by atoms with E-state index in [2.05, 4.69) is 5.32 Å². The van der Waals surface area contributed by atoms with E-state index in [1.54, 1.807) is 24.3 Å². The Morgan fingerprint density at radius 1 is 1.15 bits per heavy atom. The molecule has 0 saturated carbocycles. The topological polar surface area (TPSA) is 99.2 Å². The van der Waals surface area contributed by atoms with Gasteiger partial charge in [-0.15, -0.1) is 0 Å². The van der Waals surface area contributed by atoms with Gasteiger partial charge in [-0.2, -0.15) is 0 Å². The van der Waals surface area contributed by atoms with Crippen molar-refractivity contribution in [3.8, 4) is 0 Å². The molecular formula is C23H23Cl2N3O5. The number of fused-ring (bicyclic) bond motifs is 1. The van der Waals surface area contributed by atoms with Crippen LogP contribution in [0.2, 0.25) is 10.0 Å². The molecule has 2 heterocycles. The van der Waals surface area contributed by atoms with Crippen molar-refractivity contribution in [3.05, 3.63) is 57.6 Å². The third kappa shape index (κ3) is 5.30. The number of benzene rings is 2. The Hall–Kier alpha value is -2.65. The molecule has 2 aromatic carbocycles. The Labute approximate surface area is 201 Å². The largest absolute Gasteiger partial charge is 0.478 e. The highest BCUT2D eigenvalue weighted by Gasteiger charge is 2.33. The molecule has 8 nitrogen and oxygen atoms in total. The van der Waals surface area contributed by atoms with Crippen molar-refractivity contribution >= 4 is 52.4 Å². The lowest BCUT2D eigenvalue weighted by molar-refractivity contribution is -0.122. The van der Waals surface area contributed by atoms with Gasteiger partial charge in [-0.1, -0.05) is 29.3 Å². The van der Waals surface area contributed by atoms with E-state index < -0.39 is 5.97 Å². The zero-order chi connectivity index (χ0) is 23.5. The fraction of sp³-hybridized carbons (Fsp3) is 0.348. The molecule has 33 heavy (non-hydrogen) atoms. The first-order chi connectivity index (χ1) is 15.8. The molecule has 2 amide bonds. The molecule has 1 fully saturated rings. The smallest absolute Gasteiger partial charge is 0.335 e. The number of carboxylic acids is 1. The number of hydrogen-bond acceptors (Lipinski definition) is 5. The number of amides is 2. The van der Waals surface area contributed by atoms with Crippen molar-refractivity contribution in [1.29, 1.82) is 0 Å². The molecule has 1 saturated heterocycles. The van der Waals surface area contributed by atoms with Gasteiger partial charge in [-0.05, 0) is 48.7 Å². The lowest BCUT2D eigenvalue weighted by Crippen LogP contribution is -2.50. The maximum atomic E-state index is 13.1. The highest BCUT2D eigenvalue weighted by atomic mass is 35.5. The molecule has 10 heteroatoms. The number of halogens is 2. The number of carbonyl (C=O) groups excluding carboxylic acids is 2. The minimum Gasteiger partial charge on any atom is -0.478 e. The van der Waals surface area contributed by atoms with Gasteiger partial charge in [0.15, 0.2) is 0 Å². The fourth-order valence-corrected chi connectivity index (χ4v) is 4.47. The predicted octanol–water partition coefficient (Wildman–Crippen LogP) is 3.34. The van der Waals surface area contributed by atoms with Crippen molar-refractivity contribution in [3.63, 3.8) is 0 Å². The molecule has 0 radical (unpaired) electrons. The zero-order valence-corrected chi connectivity index (χ0v) is 19.2. The summed E-state index contributed by atoms with van der Waals surface area (Å²) >= 11 is 12.3. The van der Waals surface area contributed by atoms with Crippen molar-refractivity contribution in [2.75, 3.05) is 36.0 Å². The van der Waals surface area contributed by atoms with Gasteiger partial charge in [-0.25, -0.2) is 4.79 Å². The maximum Gasteiger partial charge on any atom is 0.335 e. The number of rotatable bonds is 7. The van der Waals surface area contributed by atoms with Gasteiger partial charge in [0.25, 0.3) is 0 Å². The van der Waals surface area contributed by atoms with Crippen molar-refractivity contribution in [2.45, 2.75) is 25.5 Å². The van der Waals surface area contributed by atoms with E-state index in [1.165, 1.54) is 21.9 Å². The molecule has 174 valence electrons. The van der Waals surface area contributed by atoms with E-state index in [1.807, 2.05) is 0 Å². The number of carbonyl (C=O) groups is 3. The van der Waals surface area contributed by atoms with Crippen LogP contribution in [0.15, 0.2) is 36.4 Å². The van der Waals surface area contributed by atoms with E-state index in [0.717, 1.165) is 19.4 Å². The maximum absolute atomic E-state index is 13.1. The number of anilines is 2. The molecule has 2 aliphatic rings. The SMILES string of the molecule is O=C(O)c1ccc2c(c1)N(C(=O)CNCC1CCCO1)CC(=O)N2Cc1ccc(Cl)cc1Cl. The molecule has 0 spiro atoms. The summed E-state index contributed by atoms with van der Waals surface area (Å²) in [7, 11) is 0. The normalized spacial score (nSPS) is 17.9. The molecule has 1 atom stereocenters. The third-order valence-electron chi connectivity index (χ3n) is 5.72. The molecule has 2 N–H and O–H groups in total. The summed E-state index contributed by atoms with van der Waals surface area (Å²) in [5.74, 6) is -1.75. The van der Waals surface area contributed by atoms with Gasteiger partial charge in [0.2, 0.25) is 11.8 Å². The zero-order valence-electron chi connectivity index (χ0n) is 17.7. The lowest BCUT2D eigenvalue weighted by Gasteiger charge is -2.36. The van der Waals surface area contributed by atoms with Crippen LogP contribution in [0, 0.1) is 0 Å². The molecule has 0 bridgehead atoms. The van der Waals surface area contributed by atoms with Gasteiger partial charge >= 0.3 is 5.97 Å². The predicted molar refractivity (Wildman–Crippen MR) is 125 cm³/mol. The van der Waals surface area contributed by atoms with Gasteiger partial charge in [0, 0.05) is 23.2 Å². The molecule has 0 aliphatic carbocycles. The standard InChI is InChI=1S/C23H23Cl2N3O5/c24-16-5-3-15(18(25)9-16)12-27-19-6-4-14(23(31)32)8-20(19)28(13-22(27)30)21(29)11-26-10-17-2-1-7-33-17/h3-6,8-9,17,26H,1-2,7,10-13H2,(H,31,32). The van der Waals surface area contributed by atoms with E-state index >= 15 is 0 Å². The van der Waals surface area contributed by atoms with E-state index in [-0.39, 0.29) is 43.1 Å². The van der Waals surface area contributed by atoms with Crippen LogP contribution in [0.4, 0.5) is 11.4 Å². The van der Waals surface area contributed by atoms with Gasteiger partial charge in [0.1, 0.15) is 6.54 Å². The average Bonchev–Trinajstić information content (AvgIpc) is 3.30. The third-order valence-corrected chi connectivity index (χ3v) is 6.30. The number of nitrogens with zero attached hydrogens (tertiary/aromatic N) is 2. The Bertz CT molecular complexity index is 1090. The second kappa shape index (κ2) is 10.1. The van der Waals surface area contributed by atoms with Crippen LogP contribution < -0.4 is 15.1 Å². The number of hydrogen-bond donors (Lipinski definition) is 2. The van der Waals surface area contributed by atoms with Crippen LogP contribution in [0.1, 0.15) is 28.8 Å². The number of ether oxygens (including phenoxy) is 1. The Kier molecular flexibility index (Phi) is 7.19. The lowest BCUT2D eigenvalue weighted by atomic mass is 10.1. The van der Waals surface area contributed by atoms with Crippen LogP contribution in [-0.2, 0) is 20.9 Å². The Balaban J connectivity index is 1.59. The highest BCUT2D eigenvalue weighted by molar-refractivity contribution is 6.35. The number of aromatic carboxylic acids is 1. The Morgan fingerprint density at radius 3 is 2.67 bits per heavy atom. The summed E-state index contributed by atoms with van der Waals surface area (Å²) in [5, 5.41) is 13.4. The second-order valence-electron chi connectivity index (χ2n) is 7.97. The van der Waals surface area contributed by atoms with Gasteiger partial charge < -0.3 is 20.1 Å². The first kappa shape index (κ1) is 23.5. The van der Waals surface area contributed by atoms with Crippen molar-refractivity contribution in [2.24, 2.45) is 0 Å². The summed E-state index contributed by atoms with van der Waals surface area (Å²) < 4.78 is 5.55. The fourth-order valence-electron chi connectivity index (χ4n) is 4.00. The molecular weight excluding hydrogens is 469 g/mol. The molecule has 1 unspecified atom stereocenters. The summed E-state index contributed by atoms with van der Waals surface area (Å²) in [6.45, 7) is 1.22. The highest BCUT2D eigenvalue weighted by Crippen LogP contribution is 2.36. The number of carboxylic acid groups (broad SMARTS) is 1. The van der Waals surface area contributed by atoms with Crippen molar-refractivity contribution in [1.82, 2.24) is 5.32 Å². The number of nitrogens with one attached hydrogen (secondary N) is 1. The average molecular weight is 492 g/mol. The first-order valence-corrected chi connectivity index (χ1v) is 11.3. The Morgan fingerprint density at radius 2 is 1.97 bits per heavy atom. The van der Waals surface area contributed by atoms with E-state index in [4.69, 9.17) is 27.9 Å². The van der Waals surface area contributed by atoms with E-state index in [0.29, 0.717) is 33.5 Å². The van der Waals surface area contributed by atoms with Crippen LogP contribution in [0.5, 0.6) is 0 Å². The van der Waals surface area contributed by atoms with E-state index in [9.17, 15) is 19.5 Å². The first-order valence-electron chi connectivity index (χ1n) is 10.6. The van der Waals surface area contributed by atoms with Gasteiger partial charge in [-0.3, -0.25) is 14.5 Å². The summed E-state index contributed by atoms with van der Waals surface area (Å²) in [4.78, 5) is 40.4. The summed E-state index contributed by atoms with van der Waals surface area (Å²) in [6, 6.07) is 9.38. The quantitative estimate of drug-likeness (QED) is 0.616. The van der Waals surface area contributed by atoms with Crippen LogP contribution in [0.3, 0.4) is 0 Å².